The average Bonchev–Trinajstić information content (AvgIpc) is 3.09. The van der Waals surface area contributed by atoms with E-state index in [1.807, 2.05) is 11.3 Å². The van der Waals surface area contributed by atoms with Gasteiger partial charge in [-0.3, -0.25) is 0 Å². The van der Waals surface area contributed by atoms with Crippen LogP contribution in [0, 0.1) is 0 Å². The Morgan fingerprint density at radius 3 is 2.50 bits per heavy atom. The summed E-state index contributed by atoms with van der Waals surface area (Å²) in [6.45, 7) is 0. The van der Waals surface area contributed by atoms with Gasteiger partial charge in [0.2, 0.25) is 0 Å². The van der Waals surface area contributed by atoms with Crippen LogP contribution in [0.25, 0.3) is 20.2 Å². The van der Waals surface area contributed by atoms with Gasteiger partial charge in [0.05, 0.1) is 10.4 Å². The quantitative estimate of drug-likeness (QED) is 0.393. The van der Waals surface area contributed by atoms with E-state index >= 15 is 0 Å². The van der Waals surface area contributed by atoms with Gasteiger partial charge in [-0.15, -0.1) is 11.3 Å². The first kappa shape index (κ1) is 15.9. The highest BCUT2D eigenvalue weighted by Gasteiger charge is 2.16. The predicted molar refractivity (Wildman–Crippen MR) is 115 cm³/mol. The summed E-state index contributed by atoms with van der Waals surface area (Å²) in [5, 5.41) is 6.40. The Balaban J connectivity index is 1.51. The van der Waals surface area contributed by atoms with Crippen molar-refractivity contribution in [3.63, 3.8) is 0 Å². The normalized spacial score (nSPS) is 15.5. The van der Waals surface area contributed by atoms with Gasteiger partial charge in [0.1, 0.15) is 0 Å². The lowest BCUT2D eigenvalue weighted by molar-refractivity contribution is 0.444. The molecule has 0 spiro atoms. The Morgan fingerprint density at radius 2 is 1.58 bits per heavy atom. The molecule has 0 aliphatic heterocycles. The average molecular weight is 358 g/mol. The van der Waals surface area contributed by atoms with E-state index in [-0.39, 0.29) is 0 Å². The van der Waals surface area contributed by atoms with Gasteiger partial charge in [0.15, 0.2) is 0 Å². The molecule has 1 aliphatic carbocycles. The first-order valence-electron chi connectivity index (χ1n) is 9.66. The van der Waals surface area contributed by atoms with Crippen molar-refractivity contribution in [3.05, 3.63) is 72.3 Å². The lowest BCUT2D eigenvalue weighted by Gasteiger charge is -2.22. The number of fused-ring (bicyclic) bond motifs is 3. The molecule has 1 aromatic heterocycles. The van der Waals surface area contributed by atoms with Crippen LogP contribution in [0.2, 0.25) is 0 Å². The Morgan fingerprint density at radius 1 is 0.769 bits per heavy atom. The third kappa shape index (κ3) is 2.89. The highest BCUT2D eigenvalue weighted by Crippen LogP contribution is 2.39. The molecule has 0 radical (unpaired) electrons. The molecule has 2 heteroatoms. The van der Waals surface area contributed by atoms with Crippen LogP contribution < -0.4 is 5.32 Å². The van der Waals surface area contributed by atoms with Crippen LogP contribution in [0.4, 0.5) is 11.4 Å². The van der Waals surface area contributed by atoms with Gasteiger partial charge in [-0.1, -0.05) is 61.7 Å². The van der Waals surface area contributed by atoms with E-state index in [1.165, 1.54) is 69.2 Å². The maximum Gasteiger partial charge on any atom is 0.0590 e. The standard InChI is InChI=1S/C24H23NS/c1-2-8-17(9-3-1)18-10-6-11-19(16-18)25-22-14-7-13-21-20-12-4-5-15-23(20)26-24(21)22/h4-7,10-17,25H,1-3,8-9H2. The zero-order chi connectivity index (χ0) is 17.3. The van der Waals surface area contributed by atoms with E-state index < -0.39 is 0 Å². The highest BCUT2D eigenvalue weighted by molar-refractivity contribution is 7.26. The van der Waals surface area contributed by atoms with Gasteiger partial charge in [-0.2, -0.15) is 0 Å². The molecule has 1 aliphatic rings. The maximum atomic E-state index is 3.70. The van der Waals surface area contributed by atoms with E-state index in [0.29, 0.717) is 0 Å². The number of hydrogen-bond donors (Lipinski definition) is 1. The Bertz CT molecular complexity index is 1060. The monoisotopic (exact) mass is 357 g/mol. The summed E-state index contributed by atoms with van der Waals surface area (Å²) in [6.07, 6.45) is 6.85. The second-order valence-electron chi connectivity index (χ2n) is 7.37. The number of rotatable bonds is 3. The number of anilines is 2. The molecule has 1 fully saturated rings. The van der Waals surface area contributed by atoms with Gasteiger partial charge in [0, 0.05) is 21.2 Å². The Kier molecular flexibility index (Phi) is 4.14. The minimum atomic E-state index is 0.741. The number of hydrogen-bond acceptors (Lipinski definition) is 2. The van der Waals surface area contributed by atoms with Gasteiger partial charge in [0.25, 0.3) is 0 Å². The fourth-order valence-electron chi connectivity index (χ4n) is 4.31. The minimum Gasteiger partial charge on any atom is -0.354 e. The molecular weight excluding hydrogens is 334 g/mol. The summed E-state index contributed by atoms with van der Waals surface area (Å²) >= 11 is 1.88. The summed E-state index contributed by atoms with van der Waals surface area (Å²) in [5.74, 6) is 0.741. The van der Waals surface area contributed by atoms with Crippen LogP contribution in [0.3, 0.4) is 0 Å². The third-order valence-corrected chi connectivity index (χ3v) is 6.87. The molecule has 1 N–H and O–H groups in total. The molecule has 1 saturated carbocycles. The topological polar surface area (TPSA) is 12.0 Å². The first-order chi connectivity index (χ1) is 12.9. The fraction of sp³-hybridized carbons (Fsp3) is 0.250. The number of benzene rings is 3. The van der Waals surface area contributed by atoms with Crippen molar-refractivity contribution in [3.8, 4) is 0 Å². The summed E-state index contributed by atoms with van der Waals surface area (Å²) in [5.41, 5.74) is 3.92. The van der Waals surface area contributed by atoms with Crippen molar-refractivity contribution in [2.45, 2.75) is 38.0 Å². The van der Waals surface area contributed by atoms with E-state index in [9.17, 15) is 0 Å². The Hall–Kier alpha value is -2.32. The molecule has 1 nitrogen and oxygen atoms in total. The molecule has 0 bridgehead atoms. The highest BCUT2D eigenvalue weighted by atomic mass is 32.1. The van der Waals surface area contributed by atoms with Crippen LogP contribution in [0.1, 0.15) is 43.6 Å². The van der Waals surface area contributed by atoms with Gasteiger partial charge < -0.3 is 5.32 Å². The van der Waals surface area contributed by atoms with Crippen LogP contribution in [0.5, 0.6) is 0 Å². The summed E-state index contributed by atoms with van der Waals surface area (Å²) in [7, 11) is 0. The summed E-state index contributed by atoms with van der Waals surface area (Å²) < 4.78 is 2.70. The molecule has 26 heavy (non-hydrogen) atoms. The van der Waals surface area contributed by atoms with Crippen LogP contribution in [-0.4, -0.2) is 0 Å². The fourth-order valence-corrected chi connectivity index (χ4v) is 5.48. The molecule has 0 saturated heterocycles. The van der Waals surface area contributed by atoms with Crippen molar-refractivity contribution in [1.29, 1.82) is 0 Å². The molecule has 1 heterocycles. The van der Waals surface area contributed by atoms with Crippen molar-refractivity contribution in [2.24, 2.45) is 0 Å². The zero-order valence-corrected chi connectivity index (χ0v) is 15.7. The molecule has 4 aromatic rings. The molecule has 0 atom stereocenters. The van der Waals surface area contributed by atoms with Crippen molar-refractivity contribution < 1.29 is 0 Å². The maximum absolute atomic E-state index is 3.70. The number of thiophene rings is 1. The smallest absolute Gasteiger partial charge is 0.0590 e. The molecule has 130 valence electrons. The predicted octanol–water partition coefficient (Wildman–Crippen LogP) is 7.85. The van der Waals surface area contributed by atoms with E-state index in [2.05, 4.69) is 72.0 Å². The summed E-state index contributed by atoms with van der Waals surface area (Å²) in [6, 6.07) is 24.4. The van der Waals surface area contributed by atoms with Gasteiger partial charge >= 0.3 is 0 Å². The van der Waals surface area contributed by atoms with Crippen molar-refractivity contribution in [2.75, 3.05) is 5.32 Å². The third-order valence-electron chi connectivity index (χ3n) is 5.65. The molecule has 0 unspecified atom stereocenters. The van der Waals surface area contributed by atoms with E-state index in [1.54, 1.807) is 0 Å². The number of nitrogens with one attached hydrogen (secondary N) is 1. The van der Waals surface area contributed by atoms with Gasteiger partial charge in [-0.25, -0.2) is 0 Å². The Labute approximate surface area is 158 Å². The molecule has 3 aromatic carbocycles. The van der Waals surface area contributed by atoms with E-state index in [4.69, 9.17) is 0 Å². The van der Waals surface area contributed by atoms with Crippen molar-refractivity contribution in [1.82, 2.24) is 0 Å². The minimum absolute atomic E-state index is 0.741. The summed E-state index contributed by atoms with van der Waals surface area (Å²) in [4.78, 5) is 0. The van der Waals surface area contributed by atoms with Crippen LogP contribution >= 0.6 is 11.3 Å². The van der Waals surface area contributed by atoms with Crippen LogP contribution in [0.15, 0.2) is 66.7 Å². The molecule has 5 rings (SSSR count). The van der Waals surface area contributed by atoms with Gasteiger partial charge in [-0.05, 0) is 48.6 Å². The molecule has 0 amide bonds. The largest absolute Gasteiger partial charge is 0.354 e. The first-order valence-corrected chi connectivity index (χ1v) is 10.5. The SMILES string of the molecule is c1cc(Nc2cccc3c2sc2ccccc23)cc(C2CCCCC2)c1. The second kappa shape index (κ2) is 6.77. The lowest BCUT2D eigenvalue weighted by Crippen LogP contribution is -2.04. The molecular formula is C24H23NS. The van der Waals surface area contributed by atoms with Crippen molar-refractivity contribution >= 4 is 42.9 Å². The zero-order valence-electron chi connectivity index (χ0n) is 14.9. The van der Waals surface area contributed by atoms with Crippen LogP contribution in [-0.2, 0) is 0 Å². The van der Waals surface area contributed by atoms with E-state index in [0.717, 1.165) is 5.92 Å². The lowest BCUT2D eigenvalue weighted by atomic mass is 9.84. The second-order valence-corrected chi connectivity index (χ2v) is 8.42.